The Hall–Kier alpha value is -2.68. The van der Waals surface area contributed by atoms with E-state index in [2.05, 4.69) is 15.2 Å². The van der Waals surface area contributed by atoms with Gasteiger partial charge in [0.05, 0.1) is 20.0 Å². The predicted molar refractivity (Wildman–Crippen MR) is 111 cm³/mol. The molecule has 9 heteroatoms. The highest BCUT2D eigenvalue weighted by molar-refractivity contribution is 7.10. The number of carbonyl (C=O) groups is 3. The lowest BCUT2D eigenvalue weighted by atomic mass is 10.0. The minimum absolute atomic E-state index is 0.0649. The Bertz CT molecular complexity index is 933. The molecule has 1 N–H and O–H groups in total. The number of nitrogens with one attached hydrogen (secondary N) is 1. The van der Waals surface area contributed by atoms with Crippen LogP contribution in [0.25, 0.3) is 0 Å². The van der Waals surface area contributed by atoms with Gasteiger partial charge >= 0.3 is 5.97 Å². The van der Waals surface area contributed by atoms with Crippen LogP contribution in [0.15, 0.2) is 17.5 Å². The lowest BCUT2D eigenvalue weighted by Crippen LogP contribution is -2.38. The van der Waals surface area contributed by atoms with E-state index in [1.54, 1.807) is 11.3 Å². The van der Waals surface area contributed by atoms with E-state index in [4.69, 9.17) is 0 Å². The maximum Gasteiger partial charge on any atom is 0.307 e. The molecular formula is C21H26N4O4S. The smallest absolute Gasteiger partial charge is 0.307 e. The Balaban J connectivity index is 1.49. The molecule has 2 aromatic heterocycles. The lowest BCUT2D eigenvalue weighted by Gasteiger charge is -2.28. The fourth-order valence-corrected chi connectivity index (χ4v) is 4.42. The number of rotatable bonds is 8. The first-order chi connectivity index (χ1) is 14.5. The molecule has 1 saturated carbocycles. The summed E-state index contributed by atoms with van der Waals surface area (Å²) in [5.41, 5.74) is 2.25. The molecule has 0 bridgehead atoms. The zero-order valence-corrected chi connectivity index (χ0v) is 17.9. The number of fused-ring (bicyclic) bond motifs is 1. The number of carbonyl (C=O) groups excluding carboxylic acids is 3. The fourth-order valence-electron chi connectivity index (χ4n) is 3.72. The van der Waals surface area contributed by atoms with Crippen molar-refractivity contribution >= 4 is 29.1 Å². The van der Waals surface area contributed by atoms with E-state index < -0.39 is 0 Å². The number of thiophene rings is 1. The quantitative estimate of drug-likeness (QED) is 0.645. The minimum atomic E-state index is -0.373. The first-order valence-corrected chi connectivity index (χ1v) is 11.2. The van der Waals surface area contributed by atoms with Crippen molar-refractivity contribution < 1.29 is 19.1 Å². The zero-order valence-electron chi connectivity index (χ0n) is 17.1. The van der Waals surface area contributed by atoms with Crippen LogP contribution in [0.4, 0.5) is 0 Å². The third kappa shape index (κ3) is 4.72. The van der Waals surface area contributed by atoms with Gasteiger partial charge in [-0.15, -0.1) is 11.3 Å². The molecule has 0 unspecified atom stereocenters. The second kappa shape index (κ2) is 8.99. The van der Waals surface area contributed by atoms with Crippen molar-refractivity contribution in [3.05, 3.63) is 39.3 Å². The van der Waals surface area contributed by atoms with Crippen LogP contribution in [-0.2, 0) is 40.3 Å². The SMILES string of the molecule is COC(=O)CCNC(=O)c1nn(CC2CC2)c2c1CN(C(=O)Cc1cccs1)CC2. The molecule has 160 valence electrons. The molecule has 0 aromatic carbocycles. The van der Waals surface area contributed by atoms with Gasteiger partial charge < -0.3 is 15.0 Å². The summed E-state index contributed by atoms with van der Waals surface area (Å²) in [6.45, 7) is 2.04. The van der Waals surface area contributed by atoms with E-state index in [1.165, 1.54) is 20.0 Å². The molecule has 4 rings (SSSR count). The second-order valence-electron chi connectivity index (χ2n) is 7.80. The van der Waals surface area contributed by atoms with Crippen LogP contribution in [0.2, 0.25) is 0 Å². The van der Waals surface area contributed by atoms with Crippen LogP contribution >= 0.6 is 11.3 Å². The molecule has 2 amide bonds. The van der Waals surface area contributed by atoms with Crippen molar-refractivity contribution in [2.45, 2.75) is 45.2 Å². The van der Waals surface area contributed by atoms with Gasteiger partial charge in [0.2, 0.25) is 5.91 Å². The number of ether oxygens (including phenoxy) is 1. The van der Waals surface area contributed by atoms with Crippen molar-refractivity contribution in [3.63, 3.8) is 0 Å². The summed E-state index contributed by atoms with van der Waals surface area (Å²) in [6, 6.07) is 3.91. The third-order valence-electron chi connectivity index (χ3n) is 5.58. The number of methoxy groups -OCH3 is 1. The Labute approximate surface area is 179 Å². The summed E-state index contributed by atoms with van der Waals surface area (Å²) in [7, 11) is 1.32. The van der Waals surface area contributed by atoms with Gasteiger partial charge in [-0.2, -0.15) is 5.10 Å². The van der Waals surface area contributed by atoms with Crippen molar-refractivity contribution in [2.75, 3.05) is 20.2 Å². The number of hydrogen-bond acceptors (Lipinski definition) is 6. The van der Waals surface area contributed by atoms with Crippen LogP contribution in [0.5, 0.6) is 0 Å². The van der Waals surface area contributed by atoms with Gasteiger partial charge in [0, 0.05) is 48.7 Å². The molecule has 0 saturated heterocycles. The van der Waals surface area contributed by atoms with E-state index in [0.29, 0.717) is 37.5 Å². The van der Waals surface area contributed by atoms with Gasteiger partial charge in [0.25, 0.3) is 5.91 Å². The highest BCUT2D eigenvalue weighted by Crippen LogP contribution is 2.32. The van der Waals surface area contributed by atoms with E-state index >= 15 is 0 Å². The van der Waals surface area contributed by atoms with E-state index in [1.807, 2.05) is 27.1 Å². The van der Waals surface area contributed by atoms with E-state index in [9.17, 15) is 14.4 Å². The summed E-state index contributed by atoms with van der Waals surface area (Å²) in [5.74, 6) is 0.0111. The number of nitrogens with zero attached hydrogens (tertiary/aromatic N) is 3. The molecule has 3 heterocycles. The molecule has 30 heavy (non-hydrogen) atoms. The highest BCUT2D eigenvalue weighted by Gasteiger charge is 2.32. The fraction of sp³-hybridized carbons (Fsp3) is 0.524. The normalized spacial score (nSPS) is 15.6. The second-order valence-corrected chi connectivity index (χ2v) is 8.84. The highest BCUT2D eigenvalue weighted by atomic mass is 32.1. The number of hydrogen-bond donors (Lipinski definition) is 1. The Kier molecular flexibility index (Phi) is 6.17. The van der Waals surface area contributed by atoms with Gasteiger partial charge in [-0.3, -0.25) is 19.1 Å². The van der Waals surface area contributed by atoms with Crippen molar-refractivity contribution in [2.24, 2.45) is 5.92 Å². The van der Waals surface area contributed by atoms with Crippen LogP contribution in [0.1, 0.15) is 45.9 Å². The van der Waals surface area contributed by atoms with Gasteiger partial charge in [0.1, 0.15) is 0 Å². The number of esters is 1. The third-order valence-corrected chi connectivity index (χ3v) is 6.45. The molecule has 8 nitrogen and oxygen atoms in total. The molecule has 2 aliphatic rings. The minimum Gasteiger partial charge on any atom is -0.469 e. The summed E-state index contributed by atoms with van der Waals surface area (Å²) in [5, 5.41) is 9.34. The molecule has 1 fully saturated rings. The maximum absolute atomic E-state index is 12.8. The summed E-state index contributed by atoms with van der Waals surface area (Å²) in [6.07, 6.45) is 3.57. The Morgan fingerprint density at radius 2 is 2.17 bits per heavy atom. The Morgan fingerprint density at radius 3 is 2.87 bits per heavy atom. The van der Waals surface area contributed by atoms with Crippen LogP contribution in [0.3, 0.4) is 0 Å². The first-order valence-electron chi connectivity index (χ1n) is 10.3. The average molecular weight is 431 g/mol. The topological polar surface area (TPSA) is 93.5 Å². The van der Waals surface area contributed by atoms with Gasteiger partial charge in [-0.1, -0.05) is 6.07 Å². The lowest BCUT2D eigenvalue weighted by molar-refractivity contribution is -0.140. The van der Waals surface area contributed by atoms with Gasteiger partial charge in [-0.05, 0) is 30.2 Å². The average Bonchev–Trinajstić information content (AvgIpc) is 3.28. The Morgan fingerprint density at radius 1 is 1.33 bits per heavy atom. The van der Waals surface area contributed by atoms with E-state index in [-0.39, 0.29) is 30.7 Å². The molecule has 0 spiro atoms. The number of aromatic nitrogens is 2. The summed E-state index contributed by atoms with van der Waals surface area (Å²) in [4.78, 5) is 39.7. The van der Waals surface area contributed by atoms with Crippen molar-refractivity contribution in [1.29, 1.82) is 0 Å². The number of amides is 2. The largest absolute Gasteiger partial charge is 0.469 e. The van der Waals surface area contributed by atoms with Crippen molar-refractivity contribution in [3.8, 4) is 0 Å². The zero-order chi connectivity index (χ0) is 21.1. The predicted octanol–water partition coefficient (Wildman–Crippen LogP) is 1.77. The standard InChI is InChI=1S/C21H26N4O4S/c1-29-19(27)6-8-22-21(28)20-16-13-24(18(26)11-15-3-2-10-30-15)9-7-17(16)25(23-20)12-14-4-5-14/h2-3,10,14H,4-9,11-13H2,1H3,(H,22,28). The molecular weight excluding hydrogens is 404 g/mol. The molecule has 0 radical (unpaired) electrons. The molecule has 1 aliphatic carbocycles. The molecule has 1 aliphatic heterocycles. The van der Waals surface area contributed by atoms with E-state index in [0.717, 1.165) is 22.7 Å². The summed E-state index contributed by atoms with van der Waals surface area (Å²) >= 11 is 1.57. The van der Waals surface area contributed by atoms with Crippen LogP contribution in [0, 0.1) is 5.92 Å². The van der Waals surface area contributed by atoms with Crippen LogP contribution < -0.4 is 5.32 Å². The van der Waals surface area contributed by atoms with Crippen molar-refractivity contribution in [1.82, 2.24) is 20.0 Å². The van der Waals surface area contributed by atoms with Gasteiger partial charge in [0.15, 0.2) is 5.69 Å². The first kappa shape index (κ1) is 20.6. The molecule has 0 atom stereocenters. The van der Waals surface area contributed by atoms with Gasteiger partial charge in [-0.25, -0.2) is 0 Å². The molecule has 2 aromatic rings. The monoisotopic (exact) mass is 430 g/mol. The maximum atomic E-state index is 12.8. The summed E-state index contributed by atoms with van der Waals surface area (Å²) < 4.78 is 6.57. The van der Waals surface area contributed by atoms with Crippen LogP contribution in [-0.4, -0.2) is 52.7 Å².